The summed E-state index contributed by atoms with van der Waals surface area (Å²) in [5, 5.41) is 5.70. The molecule has 18 heavy (non-hydrogen) atoms. The fourth-order valence-electron chi connectivity index (χ4n) is 1.47. The summed E-state index contributed by atoms with van der Waals surface area (Å²) in [5.74, 6) is -0.475. The van der Waals surface area contributed by atoms with Crippen LogP contribution in [-0.2, 0) is 4.79 Å². The van der Waals surface area contributed by atoms with Gasteiger partial charge in [0.25, 0.3) is 0 Å². The van der Waals surface area contributed by atoms with E-state index in [-0.39, 0.29) is 11.4 Å². The summed E-state index contributed by atoms with van der Waals surface area (Å²) in [5.41, 5.74) is 5.93. The minimum Gasteiger partial charge on any atom is -0.399 e. The Bertz CT molecular complexity index is 427. The lowest BCUT2D eigenvalue weighted by atomic mass is 10.1. The number of benzene rings is 1. The van der Waals surface area contributed by atoms with Crippen molar-refractivity contribution in [3.05, 3.63) is 24.0 Å². The third kappa shape index (κ3) is 5.03. The van der Waals surface area contributed by atoms with Crippen molar-refractivity contribution >= 4 is 17.3 Å². The van der Waals surface area contributed by atoms with E-state index >= 15 is 0 Å². The van der Waals surface area contributed by atoms with Crippen LogP contribution in [0.4, 0.5) is 15.8 Å². The molecule has 5 heteroatoms. The largest absolute Gasteiger partial charge is 0.399 e. The van der Waals surface area contributed by atoms with Crippen molar-refractivity contribution in [3.63, 3.8) is 0 Å². The Morgan fingerprint density at radius 1 is 1.39 bits per heavy atom. The van der Waals surface area contributed by atoms with Crippen LogP contribution in [0.15, 0.2) is 18.2 Å². The summed E-state index contributed by atoms with van der Waals surface area (Å²) in [6.45, 7) is 6.12. The number of halogens is 1. The van der Waals surface area contributed by atoms with E-state index in [1.54, 1.807) is 12.1 Å². The van der Waals surface area contributed by atoms with Gasteiger partial charge in [0.05, 0.1) is 5.69 Å². The van der Waals surface area contributed by atoms with Crippen LogP contribution < -0.4 is 16.4 Å². The summed E-state index contributed by atoms with van der Waals surface area (Å²) in [6.07, 6.45) is 0.293. The van der Waals surface area contributed by atoms with Gasteiger partial charge in [-0.05, 0) is 39.0 Å². The van der Waals surface area contributed by atoms with Crippen LogP contribution in [0.2, 0.25) is 0 Å². The molecule has 0 heterocycles. The molecule has 100 valence electrons. The van der Waals surface area contributed by atoms with Gasteiger partial charge in [-0.25, -0.2) is 4.39 Å². The first kappa shape index (κ1) is 14.3. The molecule has 0 saturated carbocycles. The highest BCUT2D eigenvalue weighted by Gasteiger charge is 2.13. The summed E-state index contributed by atoms with van der Waals surface area (Å²) >= 11 is 0. The van der Waals surface area contributed by atoms with Crippen LogP contribution in [0.3, 0.4) is 0 Å². The van der Waals surface area contributed by atoms with E-state index < -0.39 is 5.82 Å². The smallest absolute Gasteiger partial charge is 0.222 e. The average Bonchev–Trinajstić information content (AvgIpc) is 2.18. The number of anilines is 2. The Balaban J connectivity index is 2.40. The van der Waals surface area contributed by atoms with Gasteiger partial charge < -0.3 is 16.4 Å². The van der Waals surface area contributed by atoms with E-state index in [1.165, 1.54) is 6.07 Å². The third-order valence-corrected chi connectivity index (χ3v) is 2.18. The molecule has 0 atom stereocenters. The molecule has 0 aliphatic carbocycles. The Kier molecular flexibility index (Phi) is 4.53. The number of nitrogens with one attached hydrogen (secondary N) is 2. The molecule has 4 nitrogen and oxygen atoms in total. The monoisotopic (exact) mass is 253 g/mol. The van der Waals surface area contributed by atoms with Gasteiger partial charge in [-0.3, -0.25) is 4.79 Å². The average molecular weight is 253 g/mol. The van der Waals surface area contributed by atoms with Crippen LogP contribution >= 0.6 is 0 Å². The summed E-state index contributed by atoms with van der Waals surface area (Å²) < 4.78 is 13.4. The van der Waals surface area contributed by atoms with Gasteiger partial charge in [0.1, 0.15) is 5.82 Å². The zero-order valence-electron chi connectivity index (χ0n) is 11.0. The van der Waals surface area contributed by atoms with Gasteiger partial charge in [0.15, 0.2) is 0 Å². The van der Waals surface area contributed by atoms with Gasteiger partial charge >= 0.3 is 0 Å². The maximum Gasteiger partial charge on any atom is 0.222 e. The summed E-state index contributed by atoms with van der Waals surface area (Å²) in [7, 11) is 0. The first-order valence-electron chi connectivity index (χ1n) is 5.88. The predicted octanol–water partition coefficient (Wildman–Crippen LogP) is 2.12. The van der Waals surface area contributed by atoms with E-state index in [9.17, 15) is 9.18 Å². The van der Waals surface area contributed by atoms with Gasteiger partial charge in [-0.1, -0.05) is 0 Å². The first-order chi connectivity index (χ1) is 8.28. The van der Waals surface area contributed by atoms with Gasteiger partial charge in [0.2, 0.25) is 5.91 Å². The SMILES string of the molecule is CC(C)(C)NC(=O)CCNc1ccc(N)cc1F. The second kappa shape index (κ2) is 5.71. The number of amides is 1. The fraction of sp³-hybridized carbons (Fsp3) is 0.462. The Morgan fingerprint density at radius 3 is 2.61 bits per heavy atom. The summed E-state index contributed by atoms with van der Waals surface area (Å²) in [6, 6.07) is 4.42. The lowest BCUT2D eigenvalue weighted by Crippen LogP contribution is -2.41. The van der Waals surface area contributed by atoms with Crippen molar-refractivity contribution in [2.75, 3.05) is 17.6 Å². The molecule has 0 radical (unpaired) electrons. The van der Waals surface area contributed by atoms with E-state index in [0.29, 0.717) is 24.3 Å². The van der Waals surface area contributed by atoms with Crippen LogP contribution in [0, 0.1) is 5.82 Å². The van der Waals surface area contributed by atoms with Crippen molar-refractivity contribution in [2.45, 2.75) is 32.7 Å². The maximum absolute atomic E-state index is 13.4. The standard InChI is InChI=1S/C13H20FN3O/c1-13(2,3)17-12(18)6-7-16-11-5-4-9(15)8-10(11)14/h4-5,8,16H,6-7,15H2,1-3H3,(H,17,18). The minimum atomic E-state index is -0.411. The van der Waals surface area contributed by atoms with Crippen molar-refractivity contribution in [1.82, 2.24) is 5.32 Å². The van der Waals surface area contributed by atoms with E-state index in [2.05, 4.69) is 10.6 Å². The van der Waals surface area contributed by atoms with E-state index in [0.717, 1.165) is 0 Å². The maximum atomic E-state index is 13.4. The molecule has 0 aromatic heterocycles. The number of hydrogen-bond acceptors (Lipinski definition) is 3. The van der Waals surface area contributed by atoms with Crippen molar-refractivity contribution in [3.8, 4) is 0 Å². The quantitative estimate of drug-likeness (QED) is 0.720. The van der Waals surface area contributed by atoms with Gasteiger partial charge in [-0.15, -0.1) is 0 Å². The van der Waals surface area contributed by atoms with Crippen molar-refractivity contribution in [1.29, 1.82) is 0 Å². The van der Waals surface area contributed by atoms with Crippen LogP contribution in [-0.4, -0.2) is 18.0 Å². The molecule has 0 bridgehead atoms. The Labute approximate surface area is 107 Å². The minimum absolute atomic E-state index is 0.0640. The molecular weight excluding hydrogens is 233 g/mol. The first-order valence-corrected chi connectivity index (χ1v) is 5.88. The van der Waals surface area contributed by atoms with Crippen molar-refractivity contribution in [2.24, 2.45) is 0 Å². The Hall–Kier alpha value is -1.78. The Morgan fingerprint density at radius 2 is 2.06 bits per heavy atom. The topological polar surface area (TPSA) is 67.2 Å². The number of carbonyl (C=O) groups excluding carboxylic acids is 1. The highest BCUT2D eigenvalue weighted by Crippen LogP contribution is 2.16. The van der Waals surface area contributed by atoms with Gasteiger partial charge in [0, 0.05) is 24.2 Å². The highest BCUT2D eigenvalue weighted by molar-refractivity contribution is 5.77. The van der Waals surface area contributed by atoms with Crippen LogP contribution in [0.5, 0.6) is 0 Å². The number of nitrogens with two attached hydrogens (primary N) is 1. The molecule has 0 unspecified atom stereocenters. The molecule has 0 aliphatic heterocycles. The molecule has 0 spiro atoms. The lowest BCUT2D eigenvalue weighted by molar-refractivity contribution is -0.122. The zero-order valence-corrected chi connectivity index (χ0v) is 11.0. The number of carbonyl (C=O) groups is 1. The van der Waals surface area contributed by atoms with E-state index in [1.807, 2.05) is 20.8 Å². The fourth-order valence-corrected chi connectivity index (χ4v) is 1.47. The zero-order chi connectivity index (χ0) is 13.8. The van der Waals surface area contributed by atoms with Crippen molar-refractivity contribution < 1.29 is 9.18 Å². The molecule has 1 aromatic rings. The predicted molar refractivity (Wildman–Crippen MR) is 71.8 cm³/mol. The second-order valence-electron chi connectivity index (χ2n) is 5.21. The molecule has 0 fully saturated rings. The van der Waals surface area contributed by atoms with Crippen LogP contribution in [0.25, 0.3) is 0 Å². The molecular formula is C13H20FN3O. The highest BCUT2D eigenvalue weighted by atomic mass is 19.1. The second-order valence-corrected chi connectivity index (χ2v) is 5.21. The third-order valence-electron chi connectivity index (χ3n) is 2.18. The van der Waals surface area contributed by atoms with Crippen LogP contribution in [0.1, 0.15) is 27.2 Å². The molecule has 4 N–H and O–H groups in total. The lowest BCUT2D eigenvalue weighted by Gasteiger charge is -2.20. The molecule has 1 amide bonds. The number of rotatable bonds is 4. The number of nitrogen functional groups attached to an aromatic ring is 1. The van der Waals surface area contributed by atoms with Gasteiger partial charge in [-0.2, -0.15) is 0 Å². The molecule has 0 aliphatic rings. The number of hydrogen-bond donors (Lipinski definition) is 3. The molecule has 1 rings (SSSR count). The molecule has 0 saturated heterocycles. The van der Waals surface area contributed by atoms with E-state index in [4.69, 9.17) is 5.73 Å². The normalized spacial score (nSPS) is 11.1. The summed E-state index contributed by atoms with van der Waals surface area (Å²) in [4.78, 5) is 11.5. The molecule has 1 aromatic carbocycles.